The second kappa shape index (κ2) is 6.75. The highest BCUT2D eigenvalue weighted by Gasteiger charge is 2.01. The molecule has 1 heterocycles. The van der Waals surface area contributed by atoms with Crippen molar-refractivity contribution in [2.75, 3.05) is 13.2 Å². The standard InChI is InChI=1S/C15H18N2O2/c1-12(16)13-7-8-15(17-11-13)19-10-9-18-14-5-3-2-4-6-14/h2-8,11-12H,9-10,16H2,1H3. The molecule has 100 valence electrons. The zero-order chi connectivity index (χ0) is 13.5. The van der Waals surface area contributed by atoms with E-state index in [1.807, 2.05) is 49.4 Å². The predicted octanol–water partition coefficient (Wildman–Crippen LogP) is 2.56. The Kier molecular flexibility index (Phi) is 4.75. The van der Waals surface area contributed by atoms with Crippen molar-refractivity contribution in [3.8, 4) is 11.6 Å². The maximum absolute atomic E-state index is 5.75. The van der Waals surface area contributed by atoms with Crippen LogP contribution in [0.1, 0.15) is 18.5 Å². The third-order valence-corrected chi connectivity index (χ3v) is 2.63. The Morgan fingerprint density at radius 3 is 2.42 bits per heavy atom. The Morgan fingerprint density at radius 2 is 1.79 bits per heavy atom. The largest absolute Gasteiger partial charge is 0.490 e. The quantitative estimate of drug-likeness (QED) is 0.809. The number of benzene rings is 1. The lowest BCUT2D eigenvalue weighted by molar-refractivity contribution is 0.212. The molecule has 4 heteroatoms. The van der Waals surface area contributed by atoms with E-state index in [0.29, 0.717) is 19.1 Å². The monoisotopic (exact) mass is 258 g/mol. The van der Waals surface area contributed by atoms with Gasteiger partial charge in [-0.25, -0.2) is 4.98 Å². The molecule has 0 aliphatic carbocycles. The topological polar surface area (TPSA) is 57.4 Å². The molecule has 0 radical (unpaired) electrons. The Labute approximate surface area is 113 Å². The van der Waals surface area contributed by atoms with Crippen molar-refractivity contribution in [3.63, 3.8) is 0 Å². The van der Waals surface area contributed by atoms with Crippen molar-refractivity contribution < 1.29 is 9.47 Å². The third kappa shape index (κ3) is 4.26. The van der Waals surface area contributed by atoms with E-state index in [1.54, 1.807) is 6.20 Å². The van der Waals surface area contributed by atoms with Gasteiger partial charge < -0.3 is 15.2 Å². The molecule has 1 atom stereocenters. The van der Waals surface area contributed by atoms with E-state index in [2.05, 4.69) is 4.98 Å². The first kappa shape index (κ1) is 13.4. The summed E-state index contributed by atoms with van der Waals surface area (Å²) >= 11 is 0. The first-order valence-electron chi connectivity index (χ1n) is 6.28. The molecule has 0 bridgehead atoms. The van der Waals surface area contributed by atoms with Crippen LogP contribution in [0.3, 0.4) is 0 Å². The van der Waals surface area contributed by atoms with Gasteiger partial charge in [0.1, 0.15) is 19.0 Å². The molecule has 0 saturated carbocycles. The van der Waals surface area contributed by atoms with Gasteiger partial charge in [-0.2, -0.15) is 0 Å². The molecule has 1 unspecified atom stereocenters. The van der Waals surface area contributed by atoms with Crippen LogP contribution in [-0.2, 0) is 0 Å². The number of aromatic nitrogens is 1. The van der Waals surface area contributed by atoms with E-state index in [9.17, 15) is 0 Å². The minimum Gasteiger partial charge on any atom is -0.490 e. The van der Waals surface area contributed by atoms with Crippen LogP contribution in [0.5, 0.6) is 11.6 Å². The van der Waals surface area contributed by atoms with Crippen molar-refractivity contribution in [1.29, 1.82) is 0 Å². The van der Waals surface area contributed by atoms with Gasteiger partial charge in [-0.15, -0.1) is 0 Å². The van der Waals surface area contributed by atoms with Crippen LogP contribution < -0.4 is 15.2 Å². The summed E-state index contributed by atoms with van der Waals surface area (Å²) < 4.78 is 11.0. The Bertz CT molecular complexity index is 483. The van der Waals surface area contributed by atoms with Gasteiger partial charge in [0, 0.05) is 18.3 Å². The molecule has 1 aromatic carbocycles. The minimum atomic E-state index is -0.0111. The number of para-hydroxylation sites is 1. The Morgan fingerprint density at radius 1 is 1.05 bits per heavy atom. The van der Waals surface area contributed by atoms with Crippen LogP contribution in [0, 0.1) is 0 Å². The first-order chi connectivity index (χ1) is 9.25. The highest BCUT2D eigenvalue weighted by molar-refractivity contribution is 5.21. The SMILES string of the molecule is CC(N)c1ccc(OCCOc2ccccc2)nc1. The maximum atomic E-state index is 5.75. The second-order valence-corrected chi connectivity index (χ2v) is 4.23. The molecule has 1 aromatic heterocycles. The molecule has 0 spiro atoms. The molecule has 2 rings (SSSR count). The molecule has 0 aliphatic heterocycles. The number of pyridine rings is 1. The number of nitrogens with two attached hydrogens (primary N) is 1. The summed E-state index contributed by atoms with van der Waals surface area (Å²) in [5, 5.41) is 0. The molecule has 2 N–H and O–H groups in total. The van der Waals surface area contributed by atoms with E-state index < -0.39 is 0 Å². The molecule has 0 saturated heterocycles. The third-order valence-electron chi connectivity index (χ3n) is 2.63. The lowest BCUT2D eigenvalue weighted by Gasteiger charge is -2.09. The van der Waals surface area contributed by atoms with E-state index in [-0.39, 0.29) is 6.04 Å². The van der Waals surface area contributed by atoms with Gasteiger partial charge in [-0.1, -0.05) is 24.3 Å². The summed E-state index contributed by atoms with van der Waals surface area (Å²) in [6, 6.07) is 13.4. The molecule has 4 nitrogen and oxygen atoms in total. The fourth-order valence-electron chi connectivity index (χ4n) is 1.57. The zero-order valence-electron chi connectivity index (χ0n) is 11.0. The molecule has 0 fully saturated rings. The lowest BCUT2D eigenvalue weighted by atomic mass is 10.2. The summed E-state index contributed by atoms with van der Waals surface area (Å²) in [6.45, 7) is 2.87. The number of nitrogens with zero attached hydrogens (tertiary/aromatic N) is 1. The van der Waals surface area contributed by atoms with Gasteiger partial charge in [0.25, 0.3) is 0 Å². The van der Waals surface area contributed by atoms with Gasteiger partial charge >= 0.3 is 0 Å². The van der Waals surface area contributed by atoms with Crippen molar-refractivity contribution in [2.45, 2.75) is 13.0 Å². The molecular weight excluding hydrogens is 240 g/mol. The molecule has 2 aromatic rings. The number of ether oxygens (including phenoxy) is 2. The lowest BCUT2D eigenvalue weighted by Crippen LogP contribution is -2.10. The van der Waals surface area contributed by atoms with Gasteiger partial charge in [0.2, 0.25) is 5.88 Å². The summed E-state index contributed by atoms with van der Waals surface area (Å²) in [5.74, 6) is 1.42. The van der Waals surface area contributed by atoms with Crippen molar-refractivity contribution in [1.82, 2.24) is 4.98 Å². The Balaban J connectivity index is 1.74. The maximum Gasteiger partial charge on any atom is 0.213 e. The first-order valence-corrected chi connectivity index (χ1v) is 6.28. The summed E-state index contributed by atoms with van der Waals surface area (Å²) in [7, 11) is 0. The van der Waals surface area contributed by atoms with Crippen molar-refractivity contribution in [3.05, 3.63) is 54.2 Å². The summed E-state index contributed by atoms with van der Waals surface area (Å²) in [4.78, 5) is 4.19. The highest BCUT2D eigenvalue weighted by Crippen LogP contribution is 2.12. The summed E-state index contributed by atoms with van der Waals surface area (Å²) in [6.07, 6.45) is 1.73. The van der Waals surface area contributed by atoms with Crippen molar-refractivity contribution >= 4 is 0 Å². The highest BCUT2D eigenvalue weighted by atomic mass is 16.5. The van der Waals surface area contributed by atoms with Crippen LogP contribution >= 0.6 is 0 Å². The fraction of sp³-hybridized carbons (Fsp3) is 0.267. The van der Waals surface area contributed by atoms with Crippen LogP contribution in [0.4, 0.5) is 0 Å². The molecule has 0 amide bonds. The Hall–Kier alpha value is -2.07. The molecular formula is C15H18N2O2. The molecule has 19 heavy (non-hydrogen) atoms. The summed E-state index contributed by atoms with van der Waals surface area (Å²) in [5.41, 5.74) is 6.74. The average molecular weight is 258 g/mol. The van der Waals surface area contributed by atoms with Gasteiger partial charge in [-0.3, -0.25) is 0 Å². The van der Waals surface area contributed by atoms with Gasteiger partial charge in [0.15, 0.2) is 0 Å². The van der Waals surface area contributed by atoms with Crippen LogP contribution in [0.2, 0.25) is 0 Å². The number of hydrogen-bond donors (Lipinski definition) is 1. The predicted molar refractivity (Wildman–Crippen MR) is 74.3 cm³/mol. The van der Waals surface area contributed by atoms with Gasteiger partial charge in [-0.05, 0) is 24.6 Å². The van der Waals surface area contributed by atoms with Crippen LogP contribution in [0.25, 0.3) is 0 Å². The number of hydrogen-bond acceptors (Lipinski definition) is 4. The van der Waals surface area contributed by atoms with E-state index in [1.165, 1.54) is 0 Å². The second-order valence-electron chi connectivity index (χ2n) is 4.23. The van der Waals surface area contributed by atoms with E-state index >= 15 is 0 Å². The normalized spacial score (nSPS) is 11.9. The fourth-order valence-corrected chi connectivity index (χ4v) is 1.57. The zero-order valence-corrected chi connectivity index (χ0v) is 11.0. The average Bonchev–Trinajstić information content (AvgIpc) is 2.45. The minimum absolute atomic E-state index is 0.0111. The number of rotatable bonds is 6. The van der Waals surface area contributed by atoms with Crippen LogP contribution in [0.15, 0.2) is 48.7 Å². The van der Waals surface area contributed by atoms with E-state index in [4.69, 9.17) is 15.2 Å². The smallest absolute Gasteiger partial charge is 0.213 e. The van der Waals surface area contributed by atoms with Gasteiger partial charge in [0.05, 0.1) is 0 Å². The van der Waals surface area contributed by atoms with Crippen molar-refractivity contribution in [2.24, 2.45) is 5.73 Å². The van der Waals surface area contributed by atoms with Crippen LogP contribution in [-0.4, -0.2) is 18.2 Å². The molecule has 0 aliphatic rings. The van der Waals surface area contributed by atoms with E-state index in [0.717, 1.165) is 11.3 Å².